The van der Waals surface area contributed by atoms with Gasteiger partial charge in [0.15, 0.2) is 0 Å². The van der Waals surface area contributed by atoms with Gasteiger partial charge in [-0.1, -0.05) is 39.8 Å². The molecule has 3 heteroatoms. The predicted octanol–water partition coefficient (Wildman–Crippen LogP) is 4.36. The Hall–Kier alpha value is -1.77. The summed E-state index contributed by atoms with van der Waals surface area (Å²) < 4.78 is 5.85. The van der Waals surface area contributed by atoms with Gasteiger partial charge in [-0.05, 0) is 18.6 Å². The van der Waals surface area contributed by atoms with Crippen LogP contribution in [0.5, 0.6) is 5.75 Å². The summed E-state index contributed by atoms with van der Waals surface area (Å²) in [6, 6.07) is 8.23. The molecule has 0 radical (unpaired) electrons. The standard InChI is InChI=1S/C17H24N2O/c1-6-10-20-14-9-7-8-12-13(18-5)11-15(17(2,3)4)19-16(12)14/h7-9,11H,6,10H2,1-5H3,(H,18,19). The zero-order chi connectivity index (χ0) is 14.8. The molecule has 2 rings (SSSR count). The first-order valence-electron chi connectivity index (χ1n) is 7.22. The minimum Gasteiger partial charge on any atom is -0.491 e. The maximum atomic E-state index is 5.85. The van der Waals surface area contributed by atoms with E-state index >= 15 is 0 Å². The molecule has 0 unspecified atom stereocenters. The summed E-state index contributed by atoms with van der Waals surface area (Å²) in [4.78, 5) is 4.84. The fourth-order valence-corrected chi connectivity index (χ4v) is 2.14. The predicted molar refractivity (Wildman–Crippen MR) is 85.8 cm³/mol. The minimum absolute atomic E-state index is 0.0116. The second-order valence-electron chi connectivity index (χ2n) is 6.06. The molecule has 0 aliphatic heterocycles. The molecule has 1 heterocycles. The van der Waals surface area contributed by atoms with Crippen molar-refractivity contribution in [3.8, 4) is 5.75 Å². The van der Waals surface area contributed by atoms with E-state index in [9.17, 15) is 0 Å². The van der Waals surface area contributed by atoms with E-state index in [1.54, 1.807) is 0 Å². The summed E-state index contributed by atoms with van der Waals surface area (Å²) in [5, 5.41) is 4.38. The zero-order valence-electron chi connectivity index (χ0n) is 13.1. The van der Waals surface area contributed by atoms with Crippen molar-refractivity contribution in [1.29, 1.82) is 0 Å². The average Bonchev–Trinajstić information content (AvgIpc) is 2.42. The third-order valence-electron chi connectivity index (χ3n) is 3.30. The van der Waals surface area contributed by atoms with E-state index in [2.05, 4.69) is 45.1 Å². The third kappa shape index (κ3) is 2.87. The monoisotopic (exact) mass is 272 g/mol. The van der Waals surface area contributed by atoms with Gasteiger partial charge in [-0.2, -0.15) is 0 Å². The topological polar surface area (TPSA) is 34.1 Å². The van der Waals surface area contributed by atoms with Gasteiger partial charge < -0.3 is 10.1 Å². The highest BCUT2D eigenvalue weighted by molar-refractivity contribution is 5.95. The van der Waals surface area contributed by atoms with Gasteiger partial charge in [-0.3, -0.25) is 0 Å². The van der Waals surface area contributed by atoms with Crippen molar-refractivity contribution in [2.24, 2.45) is 0 Å². The number of anilines is 1. The summed E-state index contributed by atoms with van der Waals surface area (Å²) in [6.07, 6.45) is 0.994. The second-order valence-corrected chi connectivity index (χ2v) is 6.06. The molecule has 3 nitrogen and oxygen atoms in total. The number of nitrogens with one attached hydrogen (secondary N) is 1. The molecule has 0 saturated heterocycles. The third-order valence-corrected chi connectivity index (χ3v) is 3.30. The highest BCUT2D eigenvalue weighted by Crippen LogP contribution is 2.33. The van der Waals surface area contributed by atoms with Gasteiger partial charge in [0, 0.05) is 29.2 Å². The van der Waals surface area contributed by atoms with Crippen LogP contribution in [0.1, 0.15) is 39.8 Å². The number of benzene rings is 1. The van der Waals surface area contributed by atoms with Crippen LogP contribution in [0.25, 0.3) is 10.9 Å². The fraction of sp³-hybridized carbons (Fsp3) is 0.471. The molecule has 2 aromatic rings. The second kappa shape index (κ2) is 5.70. The van der Waals surface area contributed by atoms with Gasteiger partial charge in [-0.25, -0.2) is 4.98 Å². The Kier molecular flexibility index (Phi) is 4.17. The number of ether oxygens (including phenoxy) is 1. The van der Waals surface area contributed by atoms with Crippen molar-refractivity contribution in [2.45, 2.75) is 39.5 Å². The lowest BCUT2D eigenvalue weighted by molar-refractivity contribution is 0.320. The van der Waals surface area contributed by atoms with Crippen LogP contribution in [0.2, 0.25) is 0 Å². The van der Waals surface area contributed by atoms with Crippen molar-refractivity contribution >= 4 is 16.6 Å². The van der Waals surface area contributed by atoms with Gasteiger partial charge in [0.25, 0.3) is 0 Å². The van der Waals surface area contributed by atoms with Crippen molar-refractivity contribution < 1.29 is 4.74 Å². The summed E-state index contributed by atoms with van der Waals surface area (Å²) in [5.74, 6) is 0.868. The molecule has 108 valence electrons. The van der Waals surface area contributed by atoms with Crippen LogP contribution in [0.15, 0.2) is 24.3 Å². The number of rotatable bonds is 4. The normalized spacial score (nSPS) is 11.7. The Labute approximate surface area is 121 Å². The van der Waals surface area contributed by atoms with Crippen molar-refractivity contribution in [3.63, 3.8) is 0 Å². The number of aromatic nitrogens is 1. The van der Waals surface area contributed by atoms with Crippen molar-refractivity contribution in [2.75, 3.05) is 19.0 Å². The fourth-order valence-electron chi connectivity index (χ4n) is 2.14. The molecule has 0 atom stereocenters. The first-order chi connectivity index (χ1) is 9.47. The highest BCUT2D eigenvalue weighted by atomic mass is 16.5. The molecule has 0 bridgehead atoms. The van der Waals surface area contributed by atoms with Crippen LogP contribution >= 0.6 is 0 Å². The Morgan fingerprint density at radius 3 is 2.60 bits per heavy atom. The quantitative estimate of drug-likeness (QED) is 0.897. The van der Waals surface area contributed by atoms with Crippen LogP contribution in [0.3, 0.4) is 0 Å². The number of para-hydroxylation sites is 1. The molecule has 0 amide bonds. The van der Waals surface area contributed by atoms with Gasteiger partial charge >= 0.3 is 0 Å². The Balaban J connectivity index is 2.66. The molecule has 1 aromatic carbocycles. The molecule has 1 N–H and O–H groups in total. The number of hydrogen-bond donors (Lipinski definition) is 1. The molecular weight excluding hydrogens is 248 g/mol. The highest BCUT2D eigenvalue weighted by Gasteiger charge is 2.19. The SMILES string of the molecule is CCCOc1cccc2c(NC)cc(C(C)(C)C)nc12. The largest absolute Gasteiger partial charge is 0.491 e. The van der Waals surface area contributed by atoms with Gasteiger partial charge in [0.1, 0.15) is 11.3 Å². The van der Waals surface area contributed by atoms with E-state index in [1.807, 2.05) is 19.2 Å². The van der Waals surface area contributed by atoms with E-state index in [4.69, 9.17) is 9.72 Å². The van der Waals surface area contributed by atoms with Crippen LogP contribution in [-0.4, -0.2) is 18.6 Å². The molecule has 0 saturated carbocycles. The first-order valence-corrected chi connectivity index (χ1v) is 7.22. The van der Waals surface area contributed by atoms with Gasteiger partial charge in [-0.15, -0.1) is 0 Å². The summed E-state index contributed by atoms with van der Waals surface area (Å²) in [5.41, 5.74) is 3.12. The number of fused-ring (bicyclic) bond motifs is 1. The van der Waals surface area contributed by atoms with Crippen LogP contribution < -0.4 is 10.1 Å². The van der Waals surface area contributed by atoms with Gasteiger partial charge in [0.05, 0.1) is 6.61 Å². The Morgan fingerprint density at radius 1 is 1.25 bits per heavy atom. The molecular formula is C17H24N2O. The lowest BCUT2D eigenvalue weighted by Crippen LogP contribution is -2.14. The molecule has 0 spiro atoms. The van der Waals surface area contributed by atoms with E-state index < -0.39 is 0 Å². The maximum absolute atomic E-state index is 5.85. The molecule has 0 fully saturated rings. The number of pyridine rings is 1. The van der Waals surface area contributed by atoms with E-state index in [-0.39, 0.29) is 5.41 Å². The maximum Gasteiger partial charge on any atom is 0.145 e. The Morgan fingerprint density at radius 2 is 2.00 bits per heavy atom. The minimum atomic E-state index is 0.0116. The van der Waals surface area contributed by atoms with E-state index in [1.165, 1.54) is 0 Å². The molecule has 20 heavy (non-hydrogen) atoms. The molecule has 0 aliphatic carbocycles. The summed E-state index contributed by atoms with van der Waals surface area (Å²) >= 11 is 0. The smallest absolute Gasteiger partial charge is 0.145 e. The lowest BCUT2D eigenvalue weighted by atomic mass is 9.90. The molecule has 1 aromatic heterocycles. The number of nitrogens with zero attached hydrogens (tertiary/aromatic N) is 1. The average molecular weight is 272 g/mol. The van der Waals surface area contributed by atoms with Crippen molar-refractivity contribution in [3.05, 3.63) is 30.0 Å². The van der Waals surface area contributed by atoms with Crippen molar-refractivity contribution in [1.82, 2.24) is 4.98 Å². The zero-order valence-corrected chi connectivity index (χ0v) is 13.1. The van der Waals surface area contributed by atoms with Crippen LogP contribution in [0.4, 0.5) is 5.69 Å². The van der Waals surface area contributed by atoms with Crippen LogP contribution in [-0.2, 0) is 5.41 Å². The summed E-state index contributed by atoms with van der Waals surface area (Å²) in [6.45, 7) is 9.36. The lowest BCUT2D eigenvalue weighted by Gasteiger charge is -2.21. The number of hydrogen-bond acceptors (Lipinski definition) is 3. The first kappa shape index (κ1) is 14.6. The molecule has 0 aliphatic rings. The van der Waals surface area contributed by atoms with Crippen LogP contribution in [0, 0.1) is 0 Å². The van der Waals surface area contributed by atoms with E-state index in [0.717, 1.165) is 41.1 Å². The summed E-state index contributed by atoms with van der Waals surface area (Å²) in [7, 11) is 1.95. The van der Waals surface area contributed by atoms with Gasteiger partial charge in [0.2, 0.25) is 0 Å². The Bertz CT molecular complexity index is 600. The van der Waals surface area contributed by atoms with E-state index in [0.29, 0.717) is 0 Å².